The van der Waals surface area contributed by atoms with E-state index in [0.29, 0.717) is 11.4 Å². The second kappa shape index (κ2) is 11.5. The zero-order chi connectivity index (χ0) is 36.0. The van der Waals surface area contributed by atoms with Crippen LogP contribution in [0.3, 0.4) is 0 Å². The van der Waals surface area contributed by atoms with E-state index in [4.69, 9.17) is 18.8 Å². The van der Waals surface area contributed by atoms with Gasteiger partial charge in [0.1, 0.15) is 28.0 Å². The molecule has 0 spiro atoms. The molecule has 0 bridgehead atoms. The summed E-state index contributed by atoms with van der Waals surface area (Å²) in [7, 11) is 0. The minimum Gasteiger partial charge on any atom is -0.456 e. The van der Waals surface area contributed by atoms with Crippen LogP contribution in [-0.4, -0.2) is 14.5 Å². The summed E-state index contributed by atoms with van der Waals surface area (Å²) in [6, 6.07) is 61.4. The van der Waals surface area contributed by atoms with E-state index < -0.39 is 0 Å². The predicted octanol–water partition coefficient (Wildman–Crippen LogP) is 13.5. The van der Waals surface area contributed by atoms with Crippen molar-refractivity contribution in [2.24, 2.45) is 0 Å². The SMILES string of the molecule is c1ccc(-c2cccc(-c3nc(-c4cc(-n5c6ccccc6c6cc7ccccc7cc65)cc5oc6ccccc6c45)nc4c3oc3ccccc34)c2)cc1. The van der Waals surface area contributed by atoms with Crippen LogP contribution in [0.4, 0.5) is 0 Å². The first-order valence-corrected chi connectivity index (χ1v) is 18.5. The number of rotatable bonds is 4. The summed E-state index contributed by atoms with van der Waals surface area (Å²) in [4.78, 5) is 10.8. The van der Waals surface area contributed by atoms with Gasteiger partial charge in [0.05, 0.1) is 16.7 Å². The molecule has 0 aliphatic carbocycles. The molecule has 4 heterocycles. The van der Waals surface area contributed by atoms with E-state index in [9.17, 15) is 0 Å². The molecule has 55 heavy (non-hydrogen) atoms. The zero-order valence-corrected chi connectivity index (χ0v) is 29.4. The largest absolute Gasteiger partial charge is 0.456 e. The van der Waals surface area contributed by atoms with Gasteiger partial charge in [-0.05, 0) is 70.4 Å². The molecule has 0 atom stereocenters. The van der Waals surface area contributed by atoms with Crippen LogP contribution in [-0.2, 0) is 0 Å². The van der Waals surface area contributed by atoms with E-state index in [1.54, 1.807) is 0 Å². The second-order valence-corrected chi connectivity index (χ2v) is 14.2. The predicted molar refractivity (Wildman–Crippen MR) is 225 cm³/mol. The van der Waals surface area contributed by atoms with Crippen LogP contribution < -0.4 is 0 Å². The lowest BCUT2D eigenvalue weighted by atomic mass is 10.0. The van der Waals surface area contributed by atoms with Crippen molar-refractivity contribution in [3.63, 3.8) is 0 Å². The molecular formula is C50H29N3O2. The molecule has 256 valence electrons. The van der Waals surface area contributed by atoms with E-state index in [1.165, 1.54) is 21.5 Å². The lowest BCUT2D eigenvalue weighted by Crippen LogP contribution is -1.98. The van der Waals surface area contributed by atoms with Crippen LogP contribution in [0.25, 0.3) is 116 Å². The summed E-state index contributed by atoms with van der Waals surface area (Å²) < 4.78 is 15.6. The van der Waals surface area contributed by atoms with Crippen molar-refractivity contribution in [3.8, 4) is 39.5 Å². The van der Waals surface area contributed by atoms with E-state index in [1.807, 2.05) is 36.4 Å². The molecule has 0 unspecified atom stereocenters. The molecule has 12 rings (SSSR count). The first kappa shape index (κ1) is 30.0. The van der Waals surface area contributed by atoms with Gasteiger partial charge in [0.25, 0.3) is 0 Å². The Balaban J connectivity index is 1.19. The summed E-state index contributed by atoms with van der Waals surface area (Å²) in [6.07, 6.45) is 0. The van der Waals surface area contributed by atoms with E-state index in [2.05, 4.69) is 144 Å². The molecule has 0 aliphatic rings. The molecule has 5 heteroatoms. The molecule has 0 N–H and O–H groups in total. The smallest absolute Gasteiger partial charge is 0.180 e. The molecule has 0 fully saturated rings. The highest BCUT2D eigenvalue weighted by Crippen LogP contribution is 2.43. The maximum atomic E-state index is 6.68. The van der Waals surface area contributed by atoms with Gasteiger partial charge in [-0.2, -0.15) is 0 Å². The van der Waals surface area contributed by atoms with Gasteiger partial charge in [-0.3, -0.25) is 0 Å². The number of hydrogen-bond donors (Lipinski definition) is 0. The monoisotopic (exact) mass is 703 g/mol. The molecular weight excluding hydrogens is 675 g/mol. The average molecular weight is 704 g/mol. The molecule has 0 amide bonds. The maximum absolute atomic E-state index is 6.68. The third-order valence-electron chi connectivity index (χ3n) is 11.0. The zero-order valence-electron chi connectivity index (χ0n) is 29.4. The van der Waals surface area contributed by atoms with Gasteiger partial charge in [0.15, 0.2) is 11.4 Å². The number of para-hydroxylation sites is 3. The summed E-state index contributed by atoms with van der Waals surface area (Å²) in [5.41, 5.74) is 11.8. The number of fused-ring (bicyclic) bond motifs is 10. The van der Waals surface area contributed by atoms with Crippen LogP contribution in [0.2, 0.25) is 0 Å². The van der Waals surface area contributed by atoms with Crippen LogP contribution in [0.1, 0.15) is 0 Å². The molecule has 0 saturated heterocycles. The van der Waals surface area contributed by atoms with Crippen molar-refractivity contribution in [1.29, 1.82) is 0 Å². The molecule has 5 nitrogen and oxygen atoms in total. The van der Waals surface area contributed by atoms with Gasteiger partial charge < -0.3 is 13.4 Å². The molecule has 0 radical (unpaired) electrons. The summed E-state index contributed by atoms with van der Waals surface area (Å²) >= 11 is 0. The quantitative estimate of drug-likeness (QED) is 0.183. The van der Waals surface area contributed by atoms with Crippen molar-refractivity contribution in [2.75, 3.05) is 0 Å². The molecule has 12 aromatic rings. The fourth-order valence-corrected chi connectivity index (χ4v) is 8.46. The Morgan fingerprint density at radius 2 is 1.09 bits per heavy atom. The highest BCUT2D eigenvalue weighted by atomic mass is 16.3. The first-order chi connectivity index (χ1) is 27.2. The fraction of sp³-hybridized carbons (Fsp3) is 0. The van der Waals surface area contributed by atoms with Crippen molar-refractivity contribution in [3.05, 3.63) is 176 Å². The maximum Gasteiger partial charge on any atom is 0.180 e. The highest BCUT2D eigenvalue weighted by molar-refractivity contribution is 6.16. The number of benzene rings is 8. The van der Waals surface area contributed by atoms with Crippen LogP contribution in [0, 0.1) is 0 Å². The number of aromatic nitrogens is 3. The summed E-state index contributed by atoms with van der Waals surface area (Å²) in [5.74, 6) is 0.601. The highest BCUT2D eigenvalue weighted by Gasteiger charge is 2.23. The van der Waals surface area contributed by atoms with Gasteiger partial charge in [-0.1, -0.05) is 121 Å². The van der Waals surface area contributed by atoms with Crippen molar-refractivity contribution >= 4 is 76.6 Å². The fourth-order valence-electron chi connectivity index (χ4n) is 8.46. The molecule has 8 aromatic carbocycles. The lowest BCUT2D eigenvalue weighted by molar-refractivity contribution is 0.667. The Hall–Kier alpha value is -7.50. The number of nitrogens with zero attached hydrogens (tertiary/aromatic N) is 3. The summed E-state index contributed by atoms with van der Waals surface area (Å²) in [5, 5.41) is 7.72. The Morgan fingerprint density at radius 1 is 0.418 bits per heavy atom. The van der Waals surface area contributed by atoms with E-state index in [0.717, 1.165) is 83.1 Å². The van der Waals surface area contributed by atoms with Crippen molar-refractivity contribution < 1.29 is 8.83 Å². The average Bonchev–Trinajstić information content (AvgIpc) is 3.92. The van der Waals surface area contributed by atoms with Gasteiger partial charge in [0.2, 0.25) is 0 Å². The minimum absolute atomic E-state index is 0.601. The van der Waals surface area contributed by atoms with E-state index in [-0.39, 0.29) is 0 Å². The van der Waals surface area contributed by atoms with Gasteiger partial charge in [-0.25, -0.2) is 9.97 Å². The molecule has 4 aromatic heterocycles. The molecule has 0 saturated carbocycles. The topological polar surface area (TPSA) is 57.0 Å². The Kier molecular flexibility index (Phi) is 6.27. The van der Waals surface area contributed by atoms with E-state index >= 15 is 0 Å². The molecule has 0 aliphatic heterocycles. The van der Waals surface area contributed by atoms with Crippen LogP contribution >= 0.6 is 0 Å². The van der Waals surface area contributed by atoms with Gasteiger partial charge in [-0.15, -0.1) is 0 Å². The Morgan fingerprint density at radius 3 is 1.95 bits per heavy atom. The van der Waals surface area contributed by atoms with Crippen LogP contribution in [0.15, 0.2) is 185 Å². The van der Waals surface area contributed by atoms with Gasteiger partial charge >= 0.3 is 0 Å². The van der Waals surface area contributed by atoms with Gasteiger partial charge in [0, 0.05) is 44.1 Å². The van der Waals surface area contributed by atoms with Crippen molar-refractivity contribution in [2.45, 2.75) is 0 Å². The first-order valence-electron chi connectivity index (χ1n) is 18.5. The number of hydrogen-bond acceptors (Lipinski definition) is 4. The lowest BCUT2D eigenvalue weighted by Gasteiger charge is -2.13. The van der Waals surface area contributed by atoms with Crippen LogP contribution in [0.5, 0.6) is 0 Å². The summed E-state index contributed by atoms with van der Waals surface area (Å²) in [6.45, 7) is 0. The number of furan rings is 2. The normalized spacial score (nSPS) is 12.0. The third-order valence-corrected chi connectivity index (χ3v) is 11.0. The minimum atomic E-state index is 0.601. The Bertz CT molecular complexity index is 3500. The Labute approximate surface area is 314 Å². The van der Waals surface area contributed by atoms with Crippen molar-refractivity contribution in [1.82, 2.24) is 14.5 Å². The third kappa shape index (κ3) is 4.53. The second-order valence-electron chi connectivity index (χ2n) is 14.2. The standard InChI is InChI=1S/C50H29N3O2/c1-2-13-30(14-3-1)31-17-12-18-34(25-31)47-49-48(38-21-8-11-24-44(38)55-49)52-50(51-47)40-28-35(29-45-46(40)37-20-7-10-23-43(37)54-45)53-41-22-9-6-19-36(41)39-26-32-15-4-5-16-33(32)27-42(39)53/h1-29H.